The van der Waals surface area contributed by atoms with Gasteiger partial charge in [0.25, 0.3) is 5.91 Å². The Kier molecular flexibility index (Phi) is 6.62. The van der Waals surface area contributed by atoms with Crippen molar-refractivity contribution < 1.29 is 13.9 Å². The molecule has 2 aliphatic rings. The number of nitrogens with zero attached hydrogens (tertiary/aromatic N) is 2. The van der Waals surface area contributed by atoms with Gasteiger partial charge in [-0.25, -0.2) is 4.39 Å². The summed E-state index contributed by atoms with van der Waals surface area (Å²) in [5.41, 5.74) is 0.386. The van der Waals surface area contributed by atoms with Crippen molar-refractivity contribution in [3.05, 3.63) is 39.0 Å². The third-order valence-corrected chi connectivity index (χ3v) is 5.95. The van der Waals surface area contributed by atoms with Gasteiger partial charge in [0.2, 0.25) is 0 Å². The minimum atomic E-state index is -0.369. The normalized spacial score (nSPS) is 20.7. The summed E-state index contributed by atoms with van der Waals surface area (Å²) in [7, 11) is 0. The number of carbonyl (C=O) groups excluding carboxylic acids is 1. The molecule has 2 heterocycles. The summed E-state index contributed by atoms with van der Waals surface area (Å²) in [4.78, 5) is 17.0. The van der Waals surface area contributed by atoms with Crippen LogP contribution in [0.5, 0.6) is 0 Å². The maximum absolute atomic E-state index is 14.0. The van der Waals surface area contributed by atoms with Gasteiger partial charge in [0.05, 0.1) is 18.1 Å². The average Bonchev–Trinajstić information content (AvgIpc) is 2.86. The lowest BCUT2D eigenvalue weighted by Crippen LogP contribution is -2.38. The van der Waals surface area contributed by atoms with Crippen molar-refractivity contribution in [1.82, 2.24) is 9.80 Å². The molecular weight excluding hydrogens is 427 g/mol. The van der Waals surface area contributed by atoms with Gasteiger partial charge >= 0.3 is 0 Å². The Bertz CT molecular complexity index is 708. The fourth-order valence-electron chi connectivity index (χ4n) is 2.73. The van der Waals surface area contributed by atoms with E-state index in [-0.39, 0.29) is 11.7 Å². The molecule has 0 aromatic heterocycles. The Labute approximate surface area is 164 Å². The maximum atomic E-state index is 14.0. The second-order valence-corrected chi connectivity index (χ2v) is 8.40. The van der Waals surface area contributed by atoms with Crippen LogP contribution in [0.1, 0.15) is 12.0 Å². The van der Waals surface area contributed by atoms with E-state index in [2.05, 4.69) is 20.8 Å². The van der Waals surface area contributed by atoms with Crippen LogP contribution in [0, 0.1) is 5.82 Å². The van der Waals surface area contributed by atoms with Crippen molar-refractivity contribution >= 4 is 56.2 Å². The Morgan fingerprint density at radius 2 is 2.08 bits per heavy atom. The summed E-state index contributed by atoms with van der Waals surface area (Å²) < 4.78 is 20.5. The smallest absolute Gasteiger partial charge is 0.266 e. The molecule has 1 amide bonds. The number of morpholine rings is 1. The van der Waals surface area contributed by atoms with Crippen LogP contribution in [0.4, 0.5) is 4.39 Å². The second kappa shape index (κ2) is 8.73. The molecule has 0 saturated carbocycles. The molecule has 8 heteroatoms. The van der Waals surface area contributed by atoms with Gasteiger partial charge in [-0.2, -0.15) is 0 Å². The predicted molar refractivity (Wildman–Crippen MR) is 106 cm³/mol. The van der Waals surface area contributed by atoms with Gasteiger partial charge in [-0.3, -0.25) is 14.6 Å². The highest BCUT2D eigenvalue weighted by atomic mass is 79.9. The van der Waals surface area contributed by atoms with Gasteiger partial charge in [-0.05, 0) is 24.6 Å². The third-order valence-electron chi connectivity index (χ3n) is 4.08. The van der Waals surface area contributed by atoms with Gasteiger partial charge in [-0.15, -0.1) is 0 Å². The molecule has 0 spiro atoms. The average molecular weight is 445 g/mol. The lowest BCUT2D eigenvalue weighted by Gasteiger charge is -2.27. The standard InChI is InChI=1S/C17H18BrFN2O2S2/c18-13-3-2-12(14(19)11-13)10-15-16(22)21(17(24)25-15)5-1-4-20-6-8-23-9-7-20/h2-3,10-11H,1,4-9H2/b15-10-. The van der Waals surface area contributed by atoms with E-state index < -0.39 is 0 Å². The third kappa shape index (κ3) is 4.89. The number of hydrogen-bond acceptors (Lipinski definition) is 5. The highest BCUT2D eigenvalue weighted by Gasteiger charge is 2.31. The zero-order valence-electron chi connectivity index (χ0n) is 13.5. The fourth-order valence-corrected chi connectivity index (χ4v) is 4.36. The first-order chi connectivity index (χ1) is 12.0. The van der Waals surface area contributed by atoms with Crippen LogP contribution >= 0.6 is 39.9 Å². The Morgan fingerprint density at radius 1 is 1.32 bits per heavy atom. The highest BCUT2D eigenvalue weighted by molar-refractivity contribution is 9.10. The zero-order valence-corrected chi connectivity index (χ0v) is 16.8. The first-order valence-electron chi connectivity index (χ1n) is 8.05. The van der Waals surface area contributed by atoms with E-state index in [1.54, 1.807) is 23.1 Å². The Balaban J connectivity index is 1.60. The molecule has 0 radical (unpaired) electrons. The molecule has 4 nitrogen and oxygen atoms in total. The van der Waals surface area contributed by atoms with Crippen LogP contribution in [-0.4, -0.2) is 59.4 Å². The number of benzene rings is 1. The molecule has 0 bridgehead atoms. The van der Waals surface area contributed by atoms with Crippen LogP contribution < -0.4 is 0 Å². The molecule has 134 valence electrons. The van der Waals surface area contributed by atoms with Gasteiger partial charge in [-0.1, -0.05) is 46.0 Å². The molecule has 1 aromatic carbocycles. The van der Waals surface area contributed by atoms with Gasteiger partial charge in [0, 0.05) is 36.2 Å². The summed E-state index contributed by atoms with van der Waals surface area (Å²) in [6.45, 7) is 4.90. The number of thiocarbonyl (C=S) groups is 1. The summed E-state index contributed by atoms with van der Waals surface area (Å²) in [6, 6.07) is 4.78. The summed E-state index contributed by atoms with van der Waals surface area (Å²) >= 11 is 9.79. The SMILES string of the molecule is O=C1/C(=C/c2ccc(Br)cc2F)SC(=S)N1CCCN1CCOCC1. The van der Waals surface area contributed by atoms with Gasteiger partial charge in [0.15, 0.2) is 0 Å². The van der Waals surface area contributed by atoms with E-state index in [4.69, 9.17) is 17.0 Å². The van der Waals surface area contributed by atoms with Crippen LogP contribution in [0.15, 0.2) is 27.6 Å². The Hall–Kier alpha value is -0.800. The zero-order chi connectivity index (χ0) is 17.8. The van der Waals surface area contributed by atoms with Crippen LogP contribution in [0.2, 0.25) is 0 Å². The number of halogens is 2. The van der Waals surface area contributed by atoms with Crippen LogP contribution in [-0.2, 0) is 9.53 Å². The minimum Gasteiger partial charge on any atom is -0.379 e. The van der Waals surface area contributed by atoms with E-state index in [1.807, 2.05) is 0 Å². The molecule has 2 aliphatic heterocycles. The first kappa shape index (κ1) is 19.0. The number of carbonyl (C=O) groups is 1. The van der Waals surface area contributed by atoms with Crippen LogP contribution in [0.3, 0.4) is 0 Å². The summed E-state index contributed by atoms with van der Waals surface area (Å²) in [5.74, 6) is -0.508. The van der Waals surface area contributed by atoms with Crippen molar-refractivity contribution in [2.75, 3.05) is 39.4 Å². The molecule has 0 aliphatic carbocycles. The lowest BCUT2D eigenvalue weighted by molar-refractivity contribution is -0.122. The van der Waals surface area contributed by atoms with E-state index >= 15 is 0 Å². The molecule has 1 aromatic rings. The van der Waals surface area contributed by atoms with Crippen LogP contribution in [0.25, 0.3) is 6.08 Å². The van der Waals surface area contributed by atoms with Crippen molar-refractivity contribution in [2.45, 2.75) is 6.42 Å². The van der Waals surface area contributed by atoms with Crippen molar-refractivity contribution in [2.24, 2.45) is 0 Å². The largest absolute Gasteiger partial charge is 0.379 e. The molecule has 2 fully saturated rings. The molecule has 3 rings (SSSR count). The number of amides is 1. The minimum absolute atomic E-state index is 0.140. The van der Waals surface area contributed by atoms with Crippen molar-refractivity contribution in [1.29, 1.82) is 0 Å². The number of ether oxygens (including phenoxy) is 1. The van der Waals surface area contributed by atoms with Crippen molar-refractivity contribution in [3.8, 4) is 0 Å². The maximum Gasteiger partial charge on any atom is 0.266 e. The molecule has 0 unspecified atom stereocenters. The highest BCUT2D eigenvalue weighted by Crippen LogP contribution is 2.33. The number of hydrogen-bond donors (Lipinski definition) is 0. The lowest BCUT2D eigenvalue weighted by atomic mass is 10.2. The van der Waals surface area contributed by atoms with E-state index in [9.17, 15) is 9.18 Å². The monoisotopic (exact) mass is 444 g/mol. The summed E-state index contributed by atoms with van der Waals surface area (Å²) in [6.07, 6.45) is 2.43. The van der Waals surface area contributed by atoms with E-state index in [1.165, 1.54) is 17.8 Å². The quantitative estimate of drug-likeness (QED) is 0.512. The first-order valence-corrected chi connectivity index (χ1v) is 10.1. The van der Waals surface area contributed by atoms with Gasteiger partial charge < -0.3 is 4.74 Å². The number of thioether (sulfide) groups is 1. The van der Waals surface area contributed by atoms with Gasteiger partial charge in [0.1, 0.15) is 10.1 Å². The molecule has 0 atom stereocenters. The number of rotatable bonds is 5. The molecule has 25 heavy (non-hydrogen) atoms. The fraction of sp³-hybridized carbons (Fsp3) is 0.412. The molecular formula is C17H18BrFN2O2S2. The molecule has 0 N–H and O–H groups in total. The predicted octanol–water partition coefficient (Wildman–Crippen LogP) is 3.51. The van der Waals surface area contributed by atoms with E-state index in [0.717, 1.165) is 39.3 Å². The topological polar surface area (TPSA) is 32.8 Å². The summed E-state index contributed by atoms with van der Waals surface area (Å²) in [5, 5.41) is 0. The van der Waals surface area contributed by atoms with Crippen molar-refractivity contribution in [3.63, 3.8) is 0 Å². The Morgan fingerprint density at radius 3 is 2.80 bits per heavy atom. The second-order valence-electron chi connectivity index (χ2n) is 5.81. The molecule has 2 saturated heterocycles. The van der Waals surface area contributed by atoms with E-state index in [0.29, 0.717) is 25.8 Å².